The summed E-state index contributed by atoms with van der Waals surface area (Å²) in [5.74, 6) is -1.20. The molecule has 488 valence electrons. The summed E-state index contributed by atoms with van der Waals surface area (Å²) in [5, 5.41) is 54.4. The molecule has 20 heteroatoms. The van der Waals surface area contributed by atoms with Gasteiger partial charge in [0.2, 0.25) is 20.0 Å². The van der Waals surface area contributed by atoms with Crippen molar-refractivity contribution < 1.29 is 56.3 Å². The molecule has 4 aliphatic carbocycles. The summed E-state index contributed by atoms with van der Waals surface area (Å²) in [6.45, 7) is 3.60. The molecule has 16 nitrogen and oxygen atoms in total. The summed E-state index contributed by atoms with van der Waals surface area (Å²) >= 11 is 12.8. The third kappa shape index (κ3) is 15.7. The first-order valence-corrected chi connectivity index (χ1v) is 36.1. The van der Waals surface area contributed by atoms with Gasteiger partial charge in [0.05, 0.1) is 59.4 Å². The van der Waals surface area contributed by atoms with Gasteiger partial charge in [-0.25, -0.2) is 36.7 Å². The number of halogens is 2. The number of carboxylic acid groups (broad SMARTS) is 2. The molecular formula is C72H82Cl2N4O12S2. The van der Waals surface area contributed by atoms with Gasteiger partial charge in [-0.1, -0.05) is 120 Å². The lowest BCUT2D eigenvalue weighted by Crippen LogP contribution is -2.49. The Kier molecular flexibility index (Phi) is 20.6. The molecule has 0 unspecified atom stereocenters. The lowest BCUT2D eigenvalue weighted by molar-refractivity contribution is 0.0454. The number of nitrogens with zero attached hydrogens (tertiary/aromatic N) is 2. The van der Waals surface area contributed by atoms with Crippen molar-refractivity contribution >= 4 is 66.6 Å². The molecule has 6 aromatic rings. The maximum Gasteiger partial charge on any atom is 0.335 e. The van der Waals surface area contributed by atoms with Crippen LogP contribution in [0.3, 0.4) is 0 Å². The van der Waals surface area contributed by atoms with Crippen molar-refractivity contribution in [3.05, 3.63) is 212 Å². The first kappa shape index (κ1) is 66.7. The molecule has 2 spiro atoms. The average Bonchev–Trinajstić information content (AvgIpc) is 1.40. The number of fused-ring (bicyclic) bond motifs is 6. The highest BCUT2D eigenvalue weighted by atomic mass is 35.5. The first-order chi connectivity index (χ1) is 44.0. The molecule has 0 amide bonds. The van der Waals surface area contributed by atoms with Crippen LogP contribution in [0.1, 0.15) is 130 Å². The Morgan fingerprint density at radius 3 is 1.33 bits per heavy atom. The van der Waals surface area contributed by atoms with E-state index in [0.717, 1.165) is 96.8 Å². The molecule has 2 saturated carbocycles. The van der Waals surface area contributed by atoms with E-state index >= 15 is 0 Å². The molecule has 0 aromatic heterocycles. The van der Waals surface area contributed by atoms with Gasteiger partial charge in [-0.15, -0.1) is 0 Å². The van der Waals surface area contributed by atoms with Crippen LogP contribution in [-0.4, -0.2) is 112 Å². The number of carboxylic acids is 2. The first-order valence-electron chi connectivity index (χ1n) is 31.9. The molecule has 0 saturated heterocycles. The standard InChI is InChI=1S/2C36H41ClN2O6S/c2*37-29-13-15-31-25(18-29)9-5-17-36(31)22-39(32-19-26(35(41)42)12-16-34(32)45-23-36)20-27-11-14-30(27)33(40)10-4-8-28(21-46(38,43)44)24-6-2-1-3-7-24/h2*1-4,6-7,10,12-13,15-16,18-19,27-28,30,33,40H,5,8-9,11,14,17,20-23H2,(H,41,42)(H2,38,43,44)/b2*10-4+/t27-,28+,30+,33-,36-;27-,28-,30+,33-,36-/m00/s1. The zero-order valence-electron chi connectivity index (χ0n) is 51.4. The molecule has 6 aliphatic rings. The van der Waals surface area contributed by atoms with E-state index in [4.69, 9.17) is 43.0 Å². The minimum Gasteiger partial charge on any atom is -0.490 e. The second-order valence-corrected chi connectivity index (χ2v) is 30.6. The number of primary sulfonamides is 2. The van der Waals surface area contributed by atoms with E-state index in [2.05, 4.69) is 34.1 Å². The van der Waals surface area contributed by atoms with Gasteiger partial charge in [0.15, 0.2) is 0 Å². The predicted octanol–water partition coefficient (Wildman–Crippen LogP) is 11.8. The van der Waals surface area contributed by atoms with Crippen molar-refractivity contribution in [2.24, 2.45) is 33.9 Å². The van der Waals surface area contributed by atoms with Crippen molar-refractivity contribution in [2.45, 2.75) is 112 Å². The Morgan fingerprint density at radius 1 is 0.565 bits per heavy atom. The van der Waals surface area contributed by atoms with Gasteiger partial charge >= 0.3 is 11.9 Å². The molecule has 10 atom stereocenters. The fraction of sp³-hybridized carbons (Fsp3) is 0.417. The van der Waals surface area contributed by atoms with Crippen molar-refractivity contribution in [3.8, 4) is 11.5 Å². The number of allylic oxidation sites excluding steroid dienone is 2. The number of rotatable bonds is 20. The Morgan fingerprint density at radius 2 is 0.967 bits per heavy atom. The van der Waals surface area contributed by atoms with Crippen molar-refractivity contribution in [1.82, 2.24) is 0 Å². The Balaban J connectivity index is 0.000000188. The normalized spacial score (nSPS) is 23.9. The number of hydrogen-bond donors (Lipinski definition) is 6. The van der Waals surface area contributed by atoms with Crippen LogP contribution in [0.15, 0.2) is 158 Å². The van der Waals surface area contributed by atoms with Crippen molar-refractivity contribution in [3.63, 3.8) is 0 Å². The van der Waals surface area contributed by atoms with E-state index in [1.807, 2.05) is 84.9 Å². The minimum absolute atomic E-state index is 0.0216. The number of benzene rings is 6. The average molecular weight is 1330 g/mol. The fourth-order valence-corrected chi connectivity index (χ4v) is 17.4. The van der Waals surface area contributed by atoms with E-state index in [1.165, 1.54) is 22.3 Å². The molecule has 0 bridgehead atoms. The highest BCUT2D eigenvalue weighted by Crippen LogP contribution is 2.49. The van der Waals surface area contributed by atoms with Crippen LogP contribution < -0.4 is 29.6 Å². The van der Waals surface area contributed by atoms with Crippen LogP contribution in [0.2, 0.25) is 10.0 Å². The topological polar surface area (TPSA) is 260 Å². The van der Waals surface area contributed by atoms with E-state index in [9.17, 15) is 46.9 Å². The largest absolute Gasteiger partial charge is 0.490 e. The number of hydrogen-bond acceptors (Lipinski definition) is 12. The van der Waals surface area contributed by atoms with Gasteiger partial charge < -0.3 is 39.7 Å². The zero-order chi connectivity index (χ0) is 65.0. The number of ether oxygens (including phenoxy) is 2. The molecule has 8 N–H and O–H groups in total. The summed E-state index contributed by atoms with van der Waals surface area (Å²) in [4.78, 5) is 28.5. The molecular weight excluding hydrogens is 1250 g/mol. The highest BCUT2D eigenvalue weighted by molar-refractivity contribution is 7.89. The summed E-state index contributed by atoms with van der Waals surface area (Å²) < 4.78 is 60.6. The number of aliphatic hydroxyl groups excluding tert-OH is 2. The van der Waals surface area contributed by atoms with Gasteiger partial charge in [0.1, 0.15) is 11.5 Å². The lowest BCUT2D eigenvalue weighted by atomic mass is 9.68. The van der Waals surface area contributed by atoms with Crippen LogP contribution in [-0.2, 0) is 43.7 Å². The molecule has 2 heterocycles. The summed E-state index contributed by atoms with van der Waals surface area (Å²) in [6, 6.07) is 41.2. The molecule has 0 radical (unpaired) electrons. The van der Waals surface area contributed by atoms with E-state index < -0.39 is 44.2 Å². The smallest absolute Gasteiger partial charge is 0.335 e. The van der Waals surface area contributed by atoms with Crippen LogP contribution in [0.25, 0.3) is 0 Å². The SMILES string of the molecule is NS(=O)(=O)C[C@@H](C/C=C/[C@H](O)[C@@H]1CC[C@H]1CN1C[C@@]2(CCCc3cc(Cl)ccc32)COc2ccc(C(=O)O)cc21)c1ccccc1.NS(=O)(=O)C[C@H](C/C=C/[C@H](O)[C@@H]1CC[C@H]1CN1C[C@@]2(CCCc3cc(Cl)ccc32)COc2ccc(C(=O)O)cc21)c1ccccc1. The van der Waals surface area contributed by atoms with Crippen molar-refractivity contribution in [2.75, 3.05) is 60.7 Å². The molecule has 6 aromatic carbocycles. The third-order valence-electron chi connectivity index (χ3n) is 20.2. The van der Waals surface area contributed by atoms with E-state index in [-0.39, 0.29) is 69.0 Å². The van der Waals surface area contributed by atoms with Gasteiger partial charge in [-0.2, -0.15) is 0 Å². The predicted molar refractivity (Wildman–Crippen MR) is 361 cm³/mol. The second-order valence-electron chi connectivity index (χ2n) is 26.4. The summed E-state index contributed by atoms with van der Waals surface area (Å²) in [6.07, 6.45) is 16.3. The maximum absolute atomic E-state index is 12.0. The fourth-order valence-electron chi connectivity index (χ4n) is 15.3. The van der Waals surface area contributed by atoms with Crippen LogP contribution in [0, 0.1) is 23.7 Å². The van der Waals surface area contributed by atoms with E-state index in [1.54, 1.807) is 48.6 Å². The minimum atomic E-state index is -3.68. The monoisotopic (exact) mass is 1330 g/mol. The number of aliphatic hydroxyl groups is 2. The molecule has 2 fully saturated rings. The van der Waals surface area contributed by atoms with Gasteiger partial charge in [0.25, 0.3) is 0 Å². The molecule has 92 heavy (non-hydrogen) atoms. The lowest BCUT2D eigenvalue weighted by Gasteiger charge is -2.45. The number of anilines is 2. The molecule has 12 rings (SSSR count). The number of nitrogens with two attached hydrogens (primary N) is 2. The quantitative estimate of drug-likeness (QED) is 0.0389. The van der Waals surface area contributed by atoms with Crippen LogP contribution in [0.4, 0.5) is 11.4 Å². The number of aromatic carboxylic acids is 2. The number of sulfonamides is 2. The Bertz CT molecular complexity index is 3680. The van der Waals surface area contributed by atoms with Gasteiger partial charge in [-0.3, -0.25) is 0 Å². The summed E-state index contributed by atoms with van der Waals surface area (Å²) in [7, 11) is -7.36. The number of aryl methyl sites for hydroxylation is 2. The summed E-state index contributed by atoms with van der Waals surface area (Å²) in [5.41, 5.74) is 8.10. The van der Waals surface area contributed by atoms with Crippen LogP contribution >= 0.6 is 23.2 Å². The highest BCUT2D eigenvalue weighted by Gasteiger charge is 2.46. The van der Waals surface area contributed by atoms with Crippen molar-refractivity contribution in [1.29, 1.82) is 0 Å². The Hall–Kier alpha value is -6.74. The van der Waals surface area contributed by atoms with Crippen LogP contribution in [0.5, 0.6) is 11.5 Å². The van der Waals surface area contributed by atoms with Gasteiger partial charge in [0, 0.05) is 58.9 Å². The second kappa shape index (κ2) is 28.5. The maximum atomic E-state index is 12.0. The molecule has 2 aliphatic heterocycles. The zero-order valence-corrected chi connectivity index (χ0v) is 54.6. The van der Waals surface area contributed by atoms with E-state index in [0.29, 0.717) is 63.7 Å². The van der Waals surface area contributed by atoms with Gasteiger partial charge in [-0.05, 0) is 195 Å². The third-order valence-corrected chi connectivity index (χ3v) is 22.4. The Labute approximate surface area is 550 Å². The number of carbonyl (C=O) groups is 2.